The zero-order valence-electron chi connectivity index (χ0n) is 13.3. The molecule has 0 aliphatic carbocycles. The van der Waals surface area contributed by atoms with Crippen molar-refractivity contribution in [3.63, 3.8) is 0 Å². The molecule has 0 spiro atoms. The Morgan fingerprint density at radius 1 is 1.20 bits per heavy atom. The zero-order valence-corrected chi connectivity index (χ0v) is 13.3. The standard InChI is InChI=1S/C17H28N2O/c1-5-19(6-2)9-8-18-16-7-10-20-17-12-14(4)13(3)11-15(16)17/h11-12,16,18H,5-10H2,1-4H3. The fourth-order valence-electron chi connectivity index (χ4n) is 2.80. The fourth-order valence-corrected chi connectivity index (χ4v) is 2.80. The highest BCUT2D eigenvalue weighted by Gasteiger charge is 2.21. The molecular weight excluding hydrogens is 248 g/mol. The number of ether oxygens (including phenoxy) is 1. The molecular formula is C17H28N2O. The number of nitrogens with zero attached hydrogens (tertiary/aromatic N) is 1. The summed E-state index contributed by atoms with van der Waals surface area (Å²) in [5.41, 5.74) is 4.00. The van der Waals surface area contributed by atoms with Crippen molar-refractivity contribution in [3.8, 4) is 5.75 Å². The first kappa shape index (κ1) is 15.3. The van der Waals surface area contributed by atoms with Crippen LogP contribution in [-0.2, 0) is 0 Å². The monoisotopic (exact) mass is 276 g/mol. The molecule has 2 rings (SSSR count). The minimum atomic E-state index is 0.439. The maximum absolute atomic E-state index is 5.81. The van der Waals surface area contributed by atoms with Gasteiger partial charge in [0.25, 0.3) is 0 Å². The zero-order chi connectivity index (χ0) is 14.5. The van der Waals surface area contributed by atoms with Gasteiger partial charge in [0.2, 0.25) is 0 Å². The molecule has 1 aliphatic rings. The Bertz CT molecular complexity index is 441. The Labute approximate surface area is 123 Å². The van der Waals surface area contributed by atoms with E-state index in [2.05, 4.69) is 50.0 Å². The van der Waals surface area contributed by atoms with Crippen molar-refractivity contribution in [1.29, 1.82) is 0 Å². The summed E-state index contributed by atoms with van der Waals surface area (Å²) in [6.07, 6.45) is 1.06. The van der Waals surface area contributed by atoms with Gasteiger partial charge in [-0.1, -0.05) is 19.9 Å². The van der Waals surface area contributed by atoms with Crippen molar-refractivity contribution in [2.24, 2.45) is 0 Å². The van der Waals surface area contributed by atoms with E-state index in [1.54, 1.807) is 0 Å². The van der Waals surface area contributed by atoms with Gasteiger partial charge in [0, 0.05) is 31.1 Å². The SMILES string of the molecule is CCN(CC)CCNC1CCOc2cc(C)c(C)cc21. The molecule has 1 unspecified atom stereocenters. The van der Waals surface area contributed by atoms with Crippen molar-refractivity contribution >= 4 is 0 Å². The summed E-state index contributed by atoms with van der Waals surface area (Å²) in [7, 11) is 0. The van der Waals surface area contributed by atoms with Crippen LogP contribution in [0.1, 0.15) is 43.0 Å². The molecule has 1 aromatic carbocycles. The maximum atomic E-state index is 5.81. The van der Waals surface area contributed by atoms with Gasteiger partial charge in [0.15, 0.2) is 0 Å². The molecule has 3 nitrogen and oxygen atoms in total. The second kappa shape index (κ2) is 7.09. The fraction of sp³-hybridized carbons (Fsp3) is 0.647. The summed E-state index contributed by atoms with van der Waals surface area (Å²) in [6, 6.07) is 4.91. The quantitative estimate of drug-likeness (QED) is 0.864. The van der Waals surface area contributed by atoms with E-state index in [0.717, 1.165) is 45.0 Å². The maximum Gasteiger partial charge on any atom is 0.124 e. The number of hydrogen-bond donors (Lipinski definition) is 1. The molecule has 1 N–H and O–H groups in total. The highest BCUT2D eigenvalue weighted by Crippen LogP contribution is 2.34. The minimum Gasteiger partial charge on any atom is -0.493 e. The summed E-state index contributed by atoms with van der Waals surface area (Å²) in [5, 5.41) is 3.70. The van der Waals surface area contributed by atoms with Gasteiger partial charge in [-0.05, 0) is 44.1 Å². The molecule has 0 aromatic heterocycles. The third-order valence-electron chi connectivity index (χ3n) is 4.38. The molecule has 112 valence electrons. The number of aryl methyl sites for hydroxylation is 2. The molecule has 0 saturated carbocycles. The van der Waals surface area contributed by atoms with Gasteiger partial charge in [-0.3, -0.25) is 0 Å². The second-order valence-corrected chi connectivity index (χ2v) is 5.65. The van der Waals surface area contributed by atoms with Gasteiger partial charge in [0.05, 0.1) is 6.61 Å². The normalized spacial score (nSPS) is 17.9. The van der Waals surface area contributed by atoms with Gasteiger partial charge < -0.3 is 15.0 Å². The van der Waals surface area contributed by atoms with Gasteiger partial charge >= 0.3 is 0 Å². The third-order valence-corrected chi connectivity index (χ3v) is 4.38. The van der Waals surface area contributed by atoms with Gasteiger partial charge in [-0.2, -0.15) is 0 Å². The van der Waals surface area contributed by atoms with Crippen molar-refractivity contribution in [2.45, 2.75) is 40.2 Å². The highest BCUT2D eigenvalue weighted by molar-refractivity contribution is 5.44. The van der Waals surface area contributed by atoms with Crippen LogP contribution in [0.5, 0.6) is 5.75 Å². The average molecular weight is 276 g/mol. The predicted molar refractivity (Wildman–Crippen MR) is 84.6 cm³/mol. The van der Waals surface area contributed by atoms with Crippen LogP contribution < -0.4 is 10.1 Å². The van der Waals surface area contributed by atoms with Crippen LogP contribution in [0.4, 0.5) is 0 Å². The van der Waals surface area contributed by atoms with E-state index in [1.807, 2.05) is 0 Å². The molecule has 0 amide bonds. The molecule has 1 aromatic rings. The van der Waals surface area contributed by atoms with Gasteiger partial charge in [0.1, 0.15) is 5.75 Å². The third kappa shape index (κ3) is 3.53. The van der Waals surface area contributed by atoms with Crippen molar-refractivity contribution in [1.82, 2.24) is 10.2 Å². The van der Waals surface area contributed by atoms with Crippen LogP contribution in [0.15, 0.2) is 12.1 Å². The Kier molecular flexibility index (Phi) is 5.44. The van der Waals surface area contributed by atoms with Crippen molar-refractivity contribution in [3.05, 3.63) is 28.8 Å². The lowest BCUT2D eigenvalue weighted by Gasteiger charge is -2.29. The number of benzene rings is 1. The first-order valence-electron chi connectivity index (χ1n) is 7.85. The highest BCUT2D eigenvalue weighted by atomic mass is 16.5. The average Bonchev–Trinajstić information content (AvgIpc) is 2.45. The largest absolute Gasteiger partial charge is 0.493 e. The van der Waals surface area contributed by atoms with Gasteiger partial charge in [-0.25, -0.2) is 0 Å². The Balaban J connectivity index is 2.00. The van der Waals surface area contributed by atoms with Crippen LogP contribution in [0.2, 0.25) is 0 Å². The first-order valence-corrected chi connectivity index (χ1v) is 7.85. The van der Waals surface area contributed by atoms with Crippen LogP contribution >= 0.6 is 0 Å². The summed E-state index contributed by atoms with van der Waals surface area (Å²) in [6.45, 7) is 14.0. The van der Waals surface area contributed by atoms with E-state index < -0.39 is 0 Å². The van der Waals surface area contributed by atoms with Crippen LogP contribution in [0.3, 0.4) is 0 Å². The Hall–Kier alpha value is -1.06. The summed E-state index contributed by atoms with van der Waals surface area (Å²) >= 11 is 0. The second-order valence-electron chi connectivity index (χ2n) is 5.65. The molecule has 0 bridgehead atoms. The molecule has 1 heterocycles. The van der Waals surface area contributed by atoms with Gasteiger partial charge in [-0.15, -0.1) is 0 Å². The van der Waals surface area contributed by atoms with E-state index in [1.165, 1.54) is 16.7 Å². The summed E-state index contributed by atoms with van der Waals surface area (Å²) in [4.78, 5) is 2.45. The Morgan fingerprint density at radius 3 is 2.60 bits per heavy atom. The molecule has 1 atom stereocenters. The van der Waals surface area contributed by atoms with E-state index in [0.29, 0.717) is 6.04 Å². The smallest absolute Gasteiger partial charge is 0.124 e. The molecule has 20 heavy (non-hydrogen) atoms. The van der Waals surface area contributed by atoms with Crippen LogP contribution in [0.25, 0.3) is 0 Å². The molecule has 0 saturated heterocycles. The number of rotatable bonds is 6. The van der Waals surface area contributed by atoms with Crippen LogP contribution in [-0.4, -0.2) is 37.7 Å². The van der Waals surface area contributed by atoms with E-state index >= 15 is 0 Å². The molecule has 0 radical (unpaired) electrons. The first-order chi connectivity index (χ1) is 9.65. The van der Waals surface area contributed by atoms with E-state index in [4.69, 9.17) is 4.74 Å². The van der Waals surface area contributed by atoms with E-state index in [9.17, 15) is 0 Å². The van der Waals surface area contributed by atoms with Crippen LogP contribution in [0, 0.1) is 13.8 Å². The Morgan fingerprint density at radius 2 is 1.90 bits per heavy atom. The lowest BCUT2D eigenvalue weighted by molar-refractivity contribution is 0.242. The predicted octanol–water partition coefficient (Wildman–Crippen LogP) is 3.06. The number of likely N-dealkylation sites (N-methyl/N-ethyl adjacent to an activating group) is 1. The summed E-state index contributed by atoms with van der Waals surface area (Å²) < 4.78 is 5.81. The summed E-state index contributed by atoms with van der Waals surface area (Å²) in [5.74, 6) is 1.07. The van der Waals surface area contributed by atoms with Crippen molar-refractivity contribution < 1.29 is 4.74 Å². The molecule has 0 fully saturated rings. The number of hydrogen-bond acceptors (Lipinski definition) is 3. The van der Waals surface area contributed by atoms with Crippen molar-refractivity contribution in [2.75, 3.05) is 32.8 Å². The minimum absolute atomic E-state index is 0.439. The molecule has 3 heteroatoms. The number of nitrogens with one attached hydrogen (secondary N) is 1. The topological polar surface area (TPSA) is 24.5 Å². The lowest BCUT2D eigenvalue weighted by atomic mass is 9.96. The molecule has 1 aliphatic heterocycles. The lowest BCUT2D eigenvalue weighted by Crippen LogP contribution is -2.35. The number of fused-ring (bicyclic) bond motifs is 1. The van der Waals surface area contributed by atoms with E-state index in [-0.39, 0.29) is 0 Å².